The predicted octanol–water partition coefficient (Wildman–Crippen LogP) is 3.91. The van der Waals surface area contributed by atoms with Gasteiger partial charge in [0.05, 0.1) is 11.4 Å². The van der Waals surface area contributed by atoms with Gasteiger partial charge in [0.2, 0.25) is 14.9 Å². The van der Waals surface area contributed by atoms with Crippen molar-refractivity contribution in [3.63, 3.8) is 0 Å². The van der Waals surface area contributed by atoms with Crippen LogP contribution in [0.3, 0.4) is 0 Å². The molecule has 2 aromatic carbocycles. The Balaban J connectivity index is 1.73. The fraction of sp³-hybridized carbons (Fsp3) is 0.0952. The number of benzene rings is 2. The van der Waals surface area contributed by atoms with Crippen LogP contribution in [-0.4, -0.2) is 21.8 Å². The first kappa shape index (κ1) is 20.1. The van der Waals surface area contributed by atoms with E-state index in [9.17, 15) is 16.8 Å². The minimum Gasteiger partial charge on any atom is -0.443 e. The Morgan fingerprint density at radius 3 is 2.37 bits per heavy atom. The SMILES string of the molecule is Cc1cnc(S(=O)(=O)Cc2ccccc2)c(NS(=O)(=O)c2cc3ccccc3o2)c1. The molecule has 0 aliphatic rings. The minimum absolute atomic E-state index is 0.119. The molecule has 0 atom stereocenters. The number of pyridine rings is 1. The van der Waals surface area contributed by atoms with E-state index in [2.05, 4.69) is 9.71 Å². The Hall–Kier alpha value is -3.17. The molecule has 0 aliphatic carbocycles. The number of sulfone groups is 1. The summed E-state index contributed by atoms with van der Waals surface area (Å²) < 4.78 is 59.5. The zero-order valence-electron chi connectivity index (χ0n) is 15.9. The van der Waals surface area contributed by atoms with Gasteiger partial charge < -0.3 is 4.42 Å². The number of sulfonamides is 1. The van der Waals surface area contributed by atoms with E-state index in [0.717, 1.165) is 0 Å². The smallest absolute Gasteiger partial charge is 0.295 e. The quantitative estimate of drug-likeness (QED) is 0.485. The van der Waals surface area contributed by atoms with E-state index < -0.39 is 19.9 Å². The van der Waals surface area contributed by atoms with Gasteiger partial charge >= 0.3 is 0 Å². The number of aromatic nitrogens is 1. The van der Waals surface area contributed by atoms with Crippen LogP contribution < -0.4 is 4.72 Å². The van der Waals surface area contributed by atoms with Crippen molar-refractivity contribution >= 4 is 36.5 Å². The number of hydrogen-bond donors (Lipinski definition) is 1. The summed E-state index contributed by atoms with van der Waals surface area (Å²) >= 11 is 0. The molecule has 0 fully saturated rings. The summed E-state index contributed by atoms with van der Waals surface area (Å²) in [6.07, 6.45) is 1.39. The lowest BCUT2D eigenvalue weighted by Gasteiger charge is -2.12. The standard InChI is InChI=1S/C21H18N2O5S2/c1-15-11-18(21(22-13-15)29(24,25)14-16-7-3-2-4-8-16)23-30(26,27)20-12-17-9-5-6-10-19(17)28-20/h2-13,23H,14H2,1H3. The minimum atomic E-state index is -4.17. The molecule has 30 heavy (non-hydrogen) atoms. The maximum Gasteiger partial charge on any atom is 0.295 e. The number of fused-ring (bicyclic) bond motifs is 1. The van der Waals surface area contributed by atoms with E-state index >= 15 is 0 Å². The van der Waals surface area contributed by atoms with E-state index in [1.165, 1.54) is 18.3 Å². The summed E-state index contributed by atoms with van der Waals surface area (Å²) in [6, 6.07) is 18.3. The van der Waals surface area contributed by atoms with Gasteiger partial charge in [-0.15, -0.1) is 0 Å². The summed E-state index contributed by atoms with van der Waals surface area (Å²) in [5.74, 6) is -0.302. The first-order valence-corrected chi connectivity index (χ1v) is 12.1. The fourth-order valence-electron chi connectivity index (χ4n) is 3.02. The highest BCUT2D eigenvalue weighted by atomic mass is 32.2. The summed E-state index contributed by atoms with van der Waals surface area (Å²) in [5, 5.41) is -0.0228. The Morgan fingerprint density at radius 1 is 0.933 bits per heavy atom. The Kier molecular flexibility index (Phi) is 5.08. The molecule has 0 unspecified atom stereocenters. The number of aryl methyl sites for hydroxylation is 1. The number of anilines is 1. The third-order valence-electron chi connectivity index (χ3n) is 4.39. The molecule has 9 heteroatoms. The van der Waals surface area contributed by atoms with Crippen LogP contribution in [0.15, 0.2) is 87.5 Å². The van der Waals surface area contributed by atoms with Crippen molar-refractivity contribution in [2.24, 2.45) is 0 Å². The summed E-state index contributed by atoms with van der Waals surface area (Å²) in [6.45, 7) is 1.69. The van der Waals surface area contributed by atoms with Crippen LogP contribution in [0.1, 0.15) is 11.1 Å². The van der Waals surface area contributed by atoms with Gasteiger partial charge in [0.1, 0.15) is 5.58 Å². The highest BCUT2D eigenvalue weighted by molar-refractivity contribution is 7.93. The number of nitrogens with zero attached hydrogens (tertiary/aromatic N) is 1. The molecule has 7 nitrogen and oxygen atoms in total. The van der Waals surface area contributed by atoms with Crippen LogP contribution in [0, 0.1) is 6.92 Å². The van der Waals surface area contributed by atoms with Gasteiger partial charge in [-0.25, -0.2) is 13.4 Å². The second-order valence-corrected chi connectivity index (χ2v) is 10.3. The van der Waals surface area contributed by atoms with Gasteiger partial charge in [0.15, 0.2) is 5.03 Å². The van der Waals surface area contributed by atoms with Crippen molar-refractivity contribution in [3.8, 4) is 0 Å². The van der Waals surface area contributed by atoms with Crippen LogP contribution in [0.2, 0.25) is 0 Å². The van der Waals surface area contributed by atoms with Crippen molar-refractivity contribution < 1.29 is 21.3 Å². The first-order chi connectivity index (χ1) is 14.2. The van der Waals surface area contributed by atoms with Crippen molar-refractivity contribution in [2.75, 3.05) is 4.72 Å². The highest BCUT2D eigenvalue weighted by Gasteiger charge is 2.26. The van der Waals surface area contributed by atoms with Crippen molar-refractivity contribution in [1.29, 1.82) is 0 Å². The van der Waals surface area contributed by atoms with E-state index in [4.69, 9.17) is 4.42 Å². The van der Waals surface area contributed by atoms with Crippen molar-refractivity contribution in [2.45, 2.75) is 22.8 Å². The van der Waals surface area contributed by atoms with Crippen LogP contribution in [-0.2, 0) is 25.6 Å². The normalized spacial score (nSPS) is 12.2. The highest BCUT2D eigenvalue weighted by Crippen LogP contribution is 2.28. The maximum absolute atomic E-state index is 13.0. The van der Waals surface area contributed by atoms with E-state index in [1.807, 2.05) is 0 Å². The number of nitrogens with one attached hydrogen (secondary N) is 1. The Labute approximate surface area is 174 Å². The molecule has 0 spiro atoms. The van der Waals surface area contributed by atoms with Gasteiger partial charge in [-0.1, -0.05) is 48.5 Å². The molecular weight excluding hydrogens is 424 g/mol. The molecule has 154 valence electrons. The van der Waals surface area contributed by atoms with E-state index in [1.54, 1.807) is 61.5 Å². The average molecular weight is 443 g/mol. The monoisotopic (exact) mass is 442 g/mol. The number of rotatable bonds is 6. The molecular formula is C21H18N2O5S2. The molecule has 0 bridgehead atoms. The molecule has 0 saturated heterocycles. The molecule has 0 amide bonds. The lowest BCUT2D eigenvalue weighted by atomic mass is 10.2. The first-order valence-electron chi connectivity index (χ1n) is 8.99. The number of hydrogen-bond acceptors (Lipinski definition) is 6. The summed E-state index contributed by atoms with van der Waals surface area (Å²) in [4.78, 5) is 4.02. The second-order valence-electron chi connectivity index (χ2n) is 6.82. The van der Waals surface area contributed by atoms with Crippen LogP contribution in [0.5, 0.6) is 0 Å². The van der Waals surface area contributed by atoms with Crippen LogP contribution in [0.25, 0.3) is 11.0 Å². The van der Waals surface area contributed by atoms with E-state index in [0.29, 0.717) is 22.1 Å². The molecule has 2 heterocycles. The third-order valence-corrected chi connectivity index (χ3v) is 7.24. The van der Waals surface area contributed by atoms with Gasteiger partial charge in [-0.05, 0) is 30.2 Å². The number of furan rings is 1. The van der Waals surface area contributed by atoms with Gasteiger partial charge in [-0.2, -0.15) is 8.42 Å². The lowest BCUT2D eigenvalue weighted by molar-refractivity contribution is 0.484. The zero-order chi connectivity index (χ0) is 21.4. The summed E-state index contributed by atoms with van der Waals surface area (Å²) in [7, 11) is -8.08. The average Bonchev–Trinajstić information content (AvgIpc) is 3.13. The van der Waals surface area contributed by atoms with Crippen LogP contribution in [0.4, 0.5) is 5.69 Å². The molecule has 2 aromatic heterocycles. The Bertz CT molecular complexity index is 1390. The summed E-state index contributed by atoms with van der Waals surface area (Å²) in [5.41, 5.74) is 1.48. The molecule has 0 aliphatic heterocycles. The van der Waals surface area contributed by atoms with Gasteiger partial charge in [0, 0.05) is 17.6 Å². The van der Waals surface area contributed by atoms with Crippen molar-refractivity contribution in [3.05, 3.63) is 84.1 Å². The molecule has 1 N–H and O–H groups in total. The molecule has 4 aromatic rings. The molecule has 0 saturated carbocycles. The number of para-hydroxylation sites is 1. The Morgan fingerprint density at radius 2 is 1.63 bits per heavy atom. The lowest BCUT2D eigenvalue weighted by Crippen LogP contribution is -2.17. The maximum atomic E-state index is 13.0. The van der Waals surface area contributed by atoms with Gasteiger partial charge in [0.25, 0.3) is 10.0 Å². The van der Waals surface area contributed by atoms with Crippen LogP contribution >= 0.6 is 0 Å². The van der Waals surface area contributed by atoms with Crippen molar-refractivity contribution in [1.82, 2.24) is 4.98 Å². The zero-order valence-corrected chi connectivity index (χ0v) is 17.6. The molecule has 0 radical (unpaired) electrons. The predicted molar refractivity (Wildman–Crippen MR) is 113 cm³/mol. The molecule has 4 rings (SSSR count). The van der Waals surface area contributed by atoms with E-state index in [-0.39, 0.29) is 21.6 Å². The fourth-order valence-corrected chi connectivity index (χ4v) is 5.54. The third kappa shape index (κ3) is 4.07. The largest absolute Gasteiger partial charge is 0.443 e. The van der Waals surface area contributed by atoms with Gasteiger partial charge in [-0.3, -0.25) is 4.72 Å². The topological polar surface area (TPSA) is 106 Å². The second kappa shape index (κ2) is 7.58.